The third-order valence-corrected chi connectivity index (χ3v) is 4.49. The molecule has 1 fully saturated rings. The minimum Gasteiger partial charge on any atom is -0.377 e. The number of aryl methyl sites for hydroxylation is 2. The molecule has 0 bridgehead atoms. The first-order valence-electron chi connectivity index (χ1n) is 8.50. The number of ether oxygens (including phenoxy) is 1. The van der Waals surface area contributed by atoms with E-state index in [0.717, 1.165) is 0 Å². The summed E-state index contributed by atoms with van der Waals surface area (Å²) >= 11 is 0. The quantitative estimate of drug-likeness (QED) is 0.701. The van der Waals surface area contributed by atoms with Crippen molar-refractivity contribution in [1.82, 2.24) is 24.8 Å². The Kier molecular flexibility index (Phi) is 4.44. The van der Waals surface area contributed by atoms with Crippen LogP contribution < -0.4 is 0 Å². The van der Waals surface area contributed by atoms with E-state index in [0.29, 0.717) is 41.6 Å². The van der Waals surface area contributed by atoms with Crippen molar-refractivity contribution < 1.29 is 18.4 Å². The SMILES string of the molecule is Cc1cc(C(=O)N2CCOC[C@H]2c2noc(-c3cnn(C)c3)n2)ccc1F. The van der Waals surface area contributed by atoms with Crippen molar-refractivity contribution in [2.75, 3.05) is 19.8 Å². The second-order valence-electron chi connectivity index (χ2n) is 6.41. The first kappa shape index (κ1) is 17.3. The fourth-order valence-electron chi connectivity index (χ4n) is 3.02. The lowest BCUT2D eigenvalue weighted by atomic mass is 10.1. The highest BCUT2D eigenvalue weighted by atomic mass is 19.1. The Morgan fingerprint density at radius 2 is 2.22 bits per heavy atom. The Balaban J connectivity index is 1.62. The Labute approximate surface area is 154 Å². The van der Waals surface area contributed by atoms with Gasteiger partial charge in [-0.15, -0.1) is 0 Å². The van der Waals surface area contributed by atoms with E-state index >= 15 is 0 Å². The summed E-state index contributed by atoms with van der Waals surface area (Å²) in [6.45, 7) is 2.69. The molecule has 1 aromatic carbocycles. The van der Waals surface area contributed by atoms with Crippen molar-refractivity contribution in [2.24, 2.45) is 7.05 Å². The van der Waals surface area contributed by atoms with E-state index < -0.39 is 6.04 Å². The zero-order valence-corrected chi connectivity index (χ0v) is 14.9. The first-order valence-corrected chi connectivity index (χ1v) is 8.50. The van der Waals surface area contributed by atoms with Crippen molar-refractivity contribution in [3.63, 3.8) is 0 Å². The van der Waals surface area contributed by atoms with Crippen LogP contribution in [0.1, 0.15) is 27.8 Å². The van der Waals surface area contributed by atoms with E-state index in [1.165, 1.54) is 12.1 Å². The van der Waals surface area contributed by atoms with Gasteiger partial charge in [-0.1, -0.05) is 5.16 Å². The van der Waals surface area contributed by atoms with Crippen LogP contribution in [0.4, 0.5) is 4.39 Å². The smallest absolute Gasteiger partial charge is 0.261 e. The standard InChI is InChI=1S/C18H18FN5O3/c1-11-7-12(3-4-14(11)19)18(25)24-5-6-26-10-15(24)16-21-17(27-22-16)13-8-20-23(2)9-13/h3-4,7-9,15H,5-6,10H2,1-2H3/t15-/m0/s1. The molecule has 1 atom stereocenters. The van der Waals surface area contributed by atoms with E-state index in [2.05, 4.69) is 15.2 Å². The van der Waals surface area contributed by atoms with Crippen LogP contribution in [0.25, 0.3) is 11.5 Å². The molecule has 1 amide bonds. The van der Waals surface area contributed by atoms with Gasteiger partial charge >= 0.3 is 0 Å². The van der Waals surface area contributed by atoms with Gasteiger partial charge in [0.15, 0.2) is 5.82 Å². The van der Waals surface area contributed by atoms with E-state index in [4.69, 9.17) is 9.26 Å². The number of amides is 1. The summed E-state index contributed by atoms with van der Waals surface area (Å²) in [5.74, 6) is 0.123. The molecule has 0 aliphatic carbocycles. The Bertz CT molecular complexity index is 983. The number of halogens is 1. The number of benzene rings is 1. The van der Waals surface area contributed by atoms with Gasteiger partial charge in [0.25, 0.3) is 11.8 Å². The molecule has 1 aliphatic rings. The maximum atomic E-state index is 13.5. The summed E-state index contributed by atoms with van der Waals surface area (Å²) < 4.78 is 26.0. The van der Waals surface area contributed by atoms with E-state index in [1.807, 2.05) is 0 Å². The molecular formula is C18H18FN5O3. The molecule has 9 heteroatoms. The predicted octanol–water partition coefficient (Wildman–Crippen LogP) is 2.13. The number of morpholine rings is 1. The predicted molar refractivity (Wildman–Crippen MR) is 92.2 cm³/mol. The first-order chi connectivity index (χ1) is 13.0. The summed E-state index contributed by atoms with van der Waals surface area (Å²) in [6.07, 6.45) is 3.39. The van der Waals surface area contributed by atoms with E-state index in [1.54, 1.807) is 42.0 Å². The normalized spacial score (nSPS) is 17.3. The molecule has 27 heavy (non-hydrogen) atoms. The monoisotopic (exact) mass is 371 g/mol. The average molecular weight is 371 g/mol. The number of nitrogens with zero attached hydrogens (tertiary/aromatic N) is 5. The van der Waals surface area contributed by atoms with E-state index in [-0.39, 0.29) is 18.3 Å². The Hall–Kier alpha value is -3.07. The zero-order chi connectivity index (χ0) is 19.0. The van der Waals surface area contributed by atoms with E-state index in [9.17, 15) is 9.18 Å². The number of hydrogen-bond donors (Lipinski definition) is 0. The number of aromatic nitrogens is 4. The second kappa shape index (κ2) is 6.92. The molecule has 1 aliphatic heterocycles. The summed E-state index contributed by atoms with van der Waals surface area (Å²) in [7, 11) is 1.79. The molecule has 0 saturated carbocycles. The molecule has 3 aromatic rings. The number of rotatable bonds is 3. The minimum atomic E-state index is -0.481. The summed E-state index contributed by atoms with van der Waals surface area (Å²) in [5, 5.41) is 8.11. The van der Waals surface area contributed by atoms with Gasteiger partial charge in [0.2, 0.25) is 0 Å². The van der Waals surface area contributed by atoms with Gasteiger partial charge in [0, 0.05) is 25.4 Å². The zero-order valence-electron chi connectivity index (χ0n) is 14.9. The van der Waals surface area contributed by atoms with Gasteiger partial charge in [-0.3, -0.25) is 9.48 Å². The lowest BCUT2D eigenvalue weighted by Gasteiger charge is -2.33. The van der Waals surface area contributed by atoms with Gasteiger partial charge in [0.05, 0.1) is 25.0 Å². The number of carbonyl (C=O) groups excluding carboxylic acids is 1. The van der Waals surface area contributed by atoms with Crippen LogP contribution in [0.15, 0.2) is 35.1 Å². The number of hydrogen-bond acceptors (Lipinski definition) is 6. The molecular weight excluding hydrogens is 353 g/mol. The minimum absolute atomic E-state index is 0.223. The summed E-state index contributed by atoms with van der Waals surface area (Å²) in [6, 6.07) is 3.84. The third kappa shape index (κ3) is 3.33. The Morgan fingerprint density at radius 3 is 2.96 bits per heavy atom. The Morgan fingerprint density at radius 1 is 1.37 bits per heavy atom. The highest BCUT2D eigenvalue weighted by Crippen LogP contribution is 2.26. The van der Waals surface area contributed by atoms with Crippen molar-refractivity contribution in [2.45, 2.75) is 13.0 Å². The van der Waals surface area contributed by atoms with Crippen LogP contribution >= 0.6 is 0 Å². The third-order valence-electron chi connectivity index (χ3n) is 4.49. The molecule has 3 heterocycles. The lowest BCUT2D eigenvalue weighted by Crippen LogP contribution is -2.43. The van der Waals surface area contributed by atoms with Gasteiger partial charge < -0.3 is 14.2 Å². The molecule has 4 rings (SSSR count). The largest absolute Gasteiger partial charge is 0.377 e. The van der Waals surface area contributed by atoms with Crippen molar-refractivity contribution in [3.8, 4) is 11.5 Å². The van der Waals surface area contributed by atoms with Crippen molar-refractivity contribution >= 4 is 5.91 Å². The highest BCUT2D eigenvalue weighted by molar-refractivity contribution is 5.94. The van der Waals surface area contributed by atoms with Crippen LogP contribution in [0.3, 0.4) is 0 Å². The van der Waals surface area contributed by atoms with Crippen molar-refractivity contribution in [1.29, 1.82) is 0 Å². The maximum absolute atomic E-state index is 13.5. The van der Waals surface area contributed by atoms with Crippen LogP contribution in [-0.4, -0.2) is 50.5 Å². The van der Waals surface area contributed by atoms with Gasteiger partial charge in [-0.25, -0.2) is 4.39 Å². The fraction of sp³-hybridized carbons (Fsp3) is 0.333. The maximum Gasteiger partial charge on any atom is 0.261 e. The fourth-order valence-corrected chi connectivity index (χ4v) is 3.02. The highest BCUT2D eigenvalue weighted by Gasteiger charge is 2.33. The molecule has 8 nitrogen and oxygen atoms in total. The molecule has 140 valence electrons. The van der Waals surface area contributed by atoms with Crippen LogP contribution in [0.5, 0.6) is 0 Å². The molecule has 2 aromatic heterocycles. The van der Waals surface area contributed by atoms with Crippen LogP contribution in [-0.2, 0) is 11.8 Å². The second-order valence-corrected chi connectivity index (χ2v) is 6.41. The molecule has 0 N–H and O–H groups in total. The lowest BCUT2D eigenvalue weighted by molar-refractivity contribution is -0.00577. The average Bonchev–Trinajstić information content (AvgIpc) is 3.32. The molecule has 0 radical (unpaired) electrons. The summed E-state index contributed by atoms with van der Waals surface area (Å²) in [5.41, 5.74) is 1.53. The topological polar surface area (TPSA) is 86.3 Å². The molecule has 1 saturated heterocycles. The van der Waals surface area contributed by atoms with Crippen LogP contribution in [0, 0.1) is 12.7 Å². The number of carbonyl (C=O) groups is 1. The van der Waals surface area contributed by atoms with Crippen molar-refractivity contribution in [3.05, 3.63) is 53.4 Å². The molecule has 0 spiro atoms. The summed E-state index contributed by atoms with van der Waals surface area (Å²) in [4.78, 5) is 19.0. The van der Waals surface area contributed by atoms with Crippen LogP contribution in [0.2, 0.25) is 0 Å². The van der Waals surface area contributed by atoms with Gasteiger partial charge in [-0.05, 0) is 30.7 Å². The molecule has 0 unspecified atom stereocenters. The van der Waals surface area contributed by atoms with Gasteiger partial charge in [0.1, 0.15) is 11.9 Å². The van der Waals surface area contributed by atoms with Gasteiger partial charge in [-0.2, -0.15) is 10.1 Å².